The molecule has 0 saturated heterocycles. The number of alkyl halides is 3. The SMILES string of the molecule is Cc1nnc(/C=C/c2ccc(C(F)(F)F)cc2)nn1. The number of halogens is 3. The molecule has 0 bridgehead atoms. The van der Waals surface area contributed by atoms with E-state index in [4.69, 9.17) is 0 Å². The third-order valence-corrected chi connectivity index (χ3v) is 2.26. The van der Waals surface area contributed by atoms with E-state index in [2.05, 4.69) is 20.4 Å². The number of rotatable bonds is 2. The molecule has 0 aliphatic heterocycles. The average Bonchev–Trinajstić information content (AvgIpc) is 2.37. The van der Waals surface area contributed by atoms with Gasteiger partial charge in [-0.2, -0.15) is 13.2 Å². The van der Waals surface area contributed by atoms with Crippen LogP contribution in [-0.2, 0) is 6.18 Å². The molecular weight excluding hydrogens is 257 g/mol. The van der Waals surface area contributed by atoms with E-state index in [9.17, 15) is 13.2 Å². The first kappa shape index (κ1) is 13.1. The van der Waals surface area contributed by atoms with Gasteiger partial charge in [0, 0.05) is 0 Å². The minimum Gasteiger partial charge on any atom is -0.166 e. The first-order valence-corrected chi connectivity index (χ1v) is 5.34. The average molecular weight is 266 g/mol. The Morgan fingerprint density at radius 2 is 1.47 bits per heavy atom. The maximum atomic E-state index is 12.4. The standard InChI is InChI=1S/C12H9F3N4/c1-8-16-18-11(19-17-8)7-4-9-2-5-10(6-3-9)12(13,14)15/h2-7H,1H3/b7-4+. The molecule has 98 valence electrons. The van der Waals surface area contributed by atoms with Gasteiger partial charge in [-0.1, -0.05) is 18.2 Å². The number of benzene rings is 1. The Bertz CT molecular complexity index is 573. The summed E-state index contributed by atoms with van der Waals surface area (Å²) >= 11 is 0. The van der Waals surface area contributed by atoms with Crippen molar-refractivity contribution < 1.29 is 13.2 Å². The minimum atomic E-state index is -4.32. The van der Waals surface area contributed by atoms with E-state index in [1.807, 2.05) is 0 Å². The van der Waals surface area contributed by atoms with Gasteiger partial charge < -0.3 is 0 Å². The van der Waals surface area contributed by atoms with Crippen molar-refractivity contribution in [2.75, 3.05) is 0 Å². The summed E-state index contributed by atoms with van der Waals surface area (Å²) in [5.41, 5.74) is -0.0725. The molecule has 0 fully saturated rings. The second-order valence-electron chi connectivity index (χ2n) is 3.76. The van der Waals surface area contributed by atoms with Crippen LogP contribution < -0.4 is 0 Å². The zero-order chi connectivity index (χ0) is 13.9. The zero-order valence-corrected chi connectivity index (χ0v) is 9.89. The molecule has 1 heterocycles. The quantitative estimate of drug-likeness (QED) is 0.838. The minimum absolute atomic E-state index is 0.297. The van der Waals surface area contributed by atoms with Gasteiger partial charge in [-0.25, -0.2) is 0 Å². The number of hydrogen-bond acceptors (Lipinski definition) is 4. The lowest BCUT2D eigenvalue weighted by molar-refractivity contribution is -0.137. The van der Waals surface area contributed by atoms with Crippen molar-refractivity contribution >= 4 is 12.2 Å². The summed E-state index contributed by atoms with van der Waals surface area (Å²) < 4.78 is 37.1. The molecule has 2 aromatic rings. The van der Waals surface area contributed by atoms with Crippen molar-refractivity contribution in [2.45, 2.75) is 13.1 Å². The summed E-state index contributed by atoms with van der Waals surface area (Å²) in [6.45, 7) is 1.66. The van der Waals surface area contributed by atoms with E-state index >= 15 is 0 Å². The van der Waals surface area contributed by atoms with Crippen LogP contribution in [0.1, 0.15) is 22.8 Å². The Morgan fingerprint density at radius 3 is 2.00 bits per heavy atom. The van der Waals surface area contributed by atoms with Gasteiger partial charge >= 0.3 is 6.18 Å². The van der Waals surface area contributed by atoms with Crippen LogP contribution >= 0.6 is 0 Å². The molecule has 4 nitrogen and oxygen atoms in total. The van der Waals surface area contributed by atoms with Gasteiger partial charge in [-0.05, 0) is 30.7 Å². The third-order valence-electron chi connectivity index (χ3n) is 2.26. The Balaban J connectivity index is 2.13. The highest BCUT2D eigenvalue weighted by atomic mass is 19.4. The predicted molar refractivity (Wildman–Crippen MR) is 62.7 cm³/mol. The second-order valence-corrected chi connectivity index (χ2v) is 3.76. The summed E-state index contributed by atoms with van der Waals surface area (Å²) in [4.78, 5) is 0. The van der Waals surface area contributed by atoms with E-state index < -0.39 is 11.7 Å². The van der Waals surface area contributed by atoms with Gasteiger partial charge in [0.05, 0.1) is 5.56 Å². The van der Waals surface area contributed by atoms with E-state index in [0.29, 0.717) is 17.2 Å². The highest BCUT2D eigenvalue weighted by Crippen LogP contribution is 2.29. The van der Waals surface area contributed by atoms with Crippen molar-refractivity contribution in [1.29, 1.82) is 0 Å². The molecule has 1 aromatic carbocycles. The van der Waals surface area contributed by atoms with E-state index in [1.54, 1.807) is 13.0 Å². The van der Waals surface area contributed by atoms with Crippen molar-refractivity contribution in [3.05, 3.63) is 47.0 Å². The largest absolute Gasteiger partial charge is 0.416 e. The molecule has 0 N–H and O–H groups in total. The first-order chi connectivity index (χ1) is 8.95. The lowest BCUT2D eigenvalue weighted by atomic mass is 10.1. The van der Waals surface area contributed by atoms with E-state index in [0.717, 1.165) is 12.1 Å². The summed E-state index contributed by atoms with van der Waals surface area (Å²) in [6.07, 6.45) is -1.20. The predicted octanol–water partition coefficient (Wildman–Crippen LogP) is 2.76. The fraction of sp³-hybridized carbons (Fsp3) is 0.167. The normalized spacial score (nSPS) is 12.0. The summed E-state index contributed by atoms with van der Waals surface area (Å²) in [7, 11) is 0. The van der Waals surface area contributed by atoms with Crippen LogP contribution in [0.2, 0.25) is 0 Å². The van der Waals surface area contributed by atoms with Crippen LogP contribution in [0.3, 0.4) is 0 Å². The fourth-order valence-electron chi connectivity index (χ4n) is 1.31. The van der Waals surface area contributed by atoms with Gasteiger partial charge in [0.2, 0.25) is 0 Å². The second kappa shape index (κ2) is 5.13. The van der Waals surface area contributed by atoms with Crippen LogP contribution in [0.15, 0.2) is 24.3 Å². The van der Waals surface area contributed by atoms with E-state index in [-0.39, 0.29) is 0 Å². The molecule has 0 radical (unpaired) electrons. The van der Waals surface area contributed by atoms with Gasteiger partial charge in [-0.3, -0.25) is 0 Å². The van der Waals surface area contributed by atoms with Gasteiger partial charge in [0.15, 0.2) is 11.6 Å². The highest BCUT2D eigenvalue weighted by molar-refractivity contribution is 5.66. The Labute approximate surface area is 107 Å². The third kappa shape index (κ3) is 3.57. The van der Waals surface area contributed by atoms with Crippen LogP contribution in [0.5, 0.6) is 0 Å². The summed E-state index contributed by atoms with van der Waals surface area (Å²) in [5.74, 6) is 0.747. The highest BCUT2D eigenvalue weighted by Gasteiger charge is 2.29. The Kier molecular flexibility index (Phi) is 3.55. The molecule has 0 aliphatic rings. The number of aromatic nitrogens is 4. The van der Waals surface area contributed by atoms with Crippen molar-refractivity contribution in [1.82, 2.24) is 20.4 Å². The summed E-state index contributed by atoms with van der Waals surface area (Å²) in [6, 6.07) is 4.78. The molecular formula is C12H9F3N4. The molecule has 1 aromatic heterocycles. The molecule has 0 aliphatic carbocycles. The first-order valence-electron chi connectivity index (χ1n) is 5.34. The van der Waals surface area contributed by atoms with Crippen LogP contribution in [-0.4, -0.2) is 20.4 Å². The summed E-state index contributed by atoms with van der Waals surface area (Å²) in [5, 5.41) is 14.9. The molecule has 7 heteroatoms. The molecule has 0 spiro atoms. The monoisotopic (exact) mass is 266 g/mol. The number of aryl methyl sites for hydroxylation is 1. The van der Waals surface area contributed by atoms with Crippen LogP contribution in [0, 0.1) is 6.92 Å². The molecule has 0 saturated carbocycles. The van der Waals surface area contributed by atoms with Gasteiger partial charge in [0.25, 0.3) is 0 Å². The Morgan fingerprint density at radius 1 is 0.895 bits per heavy atom. The Hall–Kier alpha value is -2.31. The lowest BCUT2D eigenvalue weighted by Crippen LogP contribution is -2.03. The van der Waals surface area contributed by atoms with Crippen molar-refractivity contribution in [3.63, 3.8) is 0 Å². The van der Waals surface area contributed by atoms with Gasteiger partial charge in [0.1, 0.15) is 0 Å². The maximum Gasteiger partial charge on any atom is 0.416 e. The maximum absolute atomic E-state index is 12.4. The van der Waals surface area contributed by atoms with Crippen LogP contribution in [0.25, 0.3) is 12.2 Å². The molecule has 0 atom stereocenters. The lowest BCUT2D eigenvalue weighted by Gasteiger charge is -2.05. The smallest absolute Gasteiger partial charge is 0.166 e. The fourth-order valence-corrected chi connectivity index (χ4v) is 1.31. The van der Waals surface area contributed by atoms with Gasteiger partial charge in [-0.15, -0.1) is 20.4 Å². The molecule has 0 amide bonds. The molecule has 0 unspecified atom stereocenters. The topological polar surface area (TPSA) is 51.6 Å². The zero-order valence-electron chi connectivity index (χ0n) is 9.89. The number of hydrogen-bond donors (Lipinski definition) is 0. The van der Waals surface area contributed by atoms with E-state index in [1.165, 1.54) is 18.2 Å². The van der Waals surface area contributed by atoms with Crippen LogP contribution in [0.4, 0.5) is 13.2 Å². The van der Waals surface area contributed by atoms with Crippen molar-refractivity contribution in [2.24, 2.45) is 0 Å². The van der Waals surface area contributed by atoms with Crippen molar-refractivity contribution in [3.8, 4) is 0 Å². The molecule has 2 rings (SSSR count). The number of nitrogens with zero attached hydrogens (tertiary/aromatic N) is 4. The molecule has 19 heavy (non-hydrogen) atoms.